The van der Waals surface area contributed by atoms with Crippen LogP contribution in [0.2, 0.25) is 0 Å². The summed E-state index contributed by atoms with van der Waals surface area (Å²) < 4.78 is 7.81. The number of para-hydroxylation sites is 1. The Morgan fingerprint density at radius 1 is 0.933 bits per heavy atom. The van der Waals surface area contributed by atoms with Gasteiger partial charge >= 0.3 is 0 Å². The van der Waals surface area contributed by atoms with Crippen molar-refractivity contribution in [1.82, 2.24) is 14.6 Å². The molecule has 152 valence electrons. The molecule has 0 atom stereocenters. The van der Waals surface area contributed by atoms with Crippen molar-refractivity contribution in [1.29, 1.82) is 0 Å². The number of fused-ring (bicyclic) bond motifs is 1. The summed E-state index contributed by atoms with van der Waals surface area (Å²) in [5.41, 5.74) is 15.2. The van der Waals surface area contributed by atoms with Crippen LogP contribution < -0.4 is 21.1 Å². The average Bonchev–Trinajstić information content (AvgIpc) is 3.17. The maximum absolute atomic E-state index is 6.26. The number of aromatic nitrogens is 3. The Bertz CT molecular complexity index is 1150. The Morgan fingerprint density at radius 2 is 1.63 bits per heavy atom. The molecule has 0 spiro atoms. The summed E-state index contributed by atoms with van der Waals surface area (Å²) in [5, 5.41) is 4.48. The molecule has 3 heterocycles. The third-order valence-electron chi connectivity index (χ3n) is 5.57. The fourth-order valence-electron chi connectivity index (χ4n) is 3.95. The van der Waals surface area contributed by atoms with Gasteiger partial charge in [0, 0.05) is 24.7 Å². The third kappa shape index (κ3) is 3.44. The van der Waals surface area contributed by atoms with Gasteiger partial charge in [0.1, 0.15) is 29.2 Å². The second kappa shape index (κ2) is 7.68. The molecule has 7 heteroatoms. The van der Waals surface area contributed by atoms with Gasteiger partial charge in [-0.2, -0.15) is 5.10 Å². The number of hydrogen-bond donors (Lipinski definition) is 2. The van der Waals surface area contributed by atoms with Crippen molar-refractivity contribution >= 4 is 17.2 Å². The predicted molar refractivity (Wildman–Crippen MR) is 119 cm³/mol. The van der Waals surface area contributed by atoms with Crippen molar-refractivity contribution in [2.75, 3.05) is 23.7 Å². The highest BCUT2D eigenvalue weighted by molar-refractivity contribution is 5.91. The smallest absolute Gasteiger partial charge is 0.152 e. The lowest BCUT2D eigenvalue weighted by Gasteiger charge is -2.31. The van der Waals surface area contributed by atoms with E-state index >= 15 is 0 Å². The van der Waals surface area contributed by atoms with Crippen LogP contribution in [0.5, 0.6) is 11.5 Å². The predicted octanol–water partition coefficient (Wildman–Crippen LogP) is 3.70. The maximum atomic E-state index is 6.26. The van der Waals surface area contributed by atoms with Crippen molar-refractivity contribution in [2.24, 2.45) is 5.73 Å². The minimum atomic E-state index is 0.267. The minimum absolute atomic E-state index is 0.267. The van der Waals surface area contributed by atoms with Crippen LogP contribution in [0.25, 0.3) is 16.6 Å². The van der Waals surface area contributed by atoms with Crippen molar-refractivity contribution < 1.29 is 4.74 Å². The first kappa shape index (κ1) is 18.4. The molecule has 4 N–H and O–H groups in total. The van der Waals surface area contributed by atoms with Crippen LogP contribution in [-0.2, 0) is 0 Å². The fourth-order valence-corrected chi connectivity index (χ4v) is 3.95. The number of benzene rings is 2. The Morgan fingerprint density at radius 3 is 2.37 bits per heavy atom. The molecule has 0 saturated carbocycles. The first-order valence-corrected chi connectivity index (χ1v) is 10.1. The SMILES string of the molecule is Nc1ncnn2c(N3CCC(N)CC3)cc(-c3ccc(Oc4ccccc4)cc3)c12. The molecule has 0 bridgehead atoms. The largest absolute Gasteiger partial charge is 0.457 e. The van der Waals surface area contributed by atoms with Crippen molar-refractivity contribution in [3.63, 3.8) is 0 Å². The fraction of sp³-hybridized carbons (Fsp3) is 0.217. The zero-order valence-electron chi connectivity index (χ0n) is 16.6. The van der Waals surface area contributed by atoms with Gasteiger partial charge in [-0.3, -0.25) is 0 Å². The van der Waals surface area contributed by atoms with Gasteiger partial charge in [0.2, 0.25) is 0 Å². The van der Waals surface area contributed by atoms with E-state index in [0.29, 0.717) is 5.82 Å². The molecule has 2 aromatic heterocycles. The van der Waals surface area contributed by atoms with Crippen LogP contribution in [-0.4, -0.2) is 33.7 Å². The van der Waals surface area contributed by atoms with Crippen molar-refractivity contribution in [3.8, 4) is 22.6 Å². The van der Waals surface area contributed by atoms with Crippen LogP contribution in [0.1, 0.15) is 12.8 Å². The highest BCUT2D eigenvalue weighted by atomic mass is 16.5. The summed E-state index contributed by atoms with van der Waals surface area (Å²) >= 11 is 0. The highest BCUT2D eigenvalue weighted by Crippen LogP contribution is 2.35. The van der Waals surface area contributed by atoms with E-state index < -0.39 is 0 Å². The number of piperidine rings is 1. The molecule has 0 aliphatic carbocycles. The van der Waals surface area contributed by atoms with Crippen molar-refractivity contribution in [2.45, 2.75) is 18.9 Å². The topological polar surface area (TPSA) is 94.7 Å². The Hall–Kier alpha value is -3.58. The second-order valence-corrected chi connectivity index (χ2v) is 7.59. The molecule has 7 nitrogen and oxygen atoms in total. The summed E-state index contributed by atoms with van der Waals surface area (Å²) in [6.45, 7) is 1.81. The molecule has 1 saturated heterocycles. The van der Waals surface area contributed by atoms with Gasteiger partial charge in [0.05, 0.1) is 0 Å². The summed E-state index contributed by atoms with van der Waals surface area (Å²) in [4.78, 5) is 6.54. The minimum Gasteiger partial charge on any atom is -0.457 e. The molecule has 1 aliphatic rings. The van der Waals surface area contributed by atoms with Gasteiger partial charge in [0.15, 0.2) is 5.82 Å². The zero-order chi connectivity index (χ0) is 20.5. The first-order chi connectivity index (χ1) is 14.7. The van der Waals surface area contributed by atoms with E-state index in [1.807, 2.05) is 59.1 Å². The van der Waals surface area contributed by atoms with Gasteiger partial charge in [0.25, 0.3) is 0 Å². The summed E-state index contributed by atoms with van der Waals surface area (Å²) in [6, 6.07) is 20.2. The third-order valence-corrected chi connectivity index (χ3v) is 5.57. The van der Waals surface area contributed by atoms with E-state index in [0.717, 1.165) is 59.9 Å². The Labute approximate surface area is 174 Å². The molecule has 0 unspecified atom stereocenters. The molecule has 2 aromatic carbocycles. The lowest BCUT2D eigenvalue weighted by molar-refractivity contribution is 0.483. The number of nitrogens with zero attached hydrogens (tertiary/aromatic N) is 4. The van der Waals surface area contributed by atoms with Crippen molar-refractivity contribution in [3.05, 3.63) is 67.0 Å². The van der Waals surface area contributed by atoms with Crippen LogP contribution in [0.15, 0.2) is 67.0 Å². The molecule has 5 rings (SSSR count). The molecule has 1 fully saturated rings. The first-order valence-electron chi connectivity index (χ1n) is 10.1. The van der Waals surface area contributed by atoms with E-state index in [1.54, 1.807) is 0 Å². The number of ether oxygens (including phenoxy) is 1. The van der Waals surface area contributed by atoms with E-state index in [4.69, 9.17) is 16.2 Å². The van der Waals surface area contributed by atoms with E-state index in [1.165, 1.54) is 6.33 Å². The zero-order valence-corrected chi connectivity index (χ0v) is 16.6. The highest BCUT2D eigenvalue weighted by Gasteiger charge is 2.22. The lowest BCUT2D eigenvalue weighted by Crippen LogP contribution is -2.40. The summed E-state index contributed by atoms with van der Waals surface area (Å²) in [7, 11) is 0. The molecule has 1 aliphatic heterocycles. The molecule has 0 amide bonds. The maximum Gasteiger partial charge on any atom is 0.152 e. The van der Waals surface area contributed by atoms with Crippen LogP contribution in [0, 0.1) is 0 Å². The second-order valence-electron chi connectivity index (χ2n) is 7.59. The summed E-state index contributed by atoms with van der Waals surface area (Å²) in [6.07, 6.45) is 3.44. The monoisotopic (exact) mass is 400 g/mol. The molecule has 4 aromatic rings. The quantitative estimate of drug-likeness (QED) is 0.542. The Kier molecular flexibility index (Phi) is 4.72. The van der Waals surface area contributed by atoms with E-state index in [2.05, 4.69) is 21.0 Å². The lowest BCUT2D eigenvalue weighted by atomic mass is 10.1. The van der Waals surface area contributed by atoms with Gasteiger partial charge in [-0.05, 0) is 48.7 Å². The van der Waals surface area contributed by atoms with Crippen LogP contribution >= 0.6 is 0 Å². The van der Waals surface area contributed by atoms with Gasteiger partial charge in [-0.15, -0.1) is 0 Å². The van der Waals surface area contributed by atoms with Crippen LogP contribution in [0.3, 0.4) is 0 Å². The van der Waals surface area contributed by atoms with Gasteiger partial charge in [-0.1, -0.05) is 30.3 Å². The van der Waals surface area contributed by atoms with Gasteiger partial charge in [-0.25, -0.2) is 9.50 Å². The van der Waals surface area contributed by atoms with E-state index in [9.17, 15) is 0 Å². The average molecular weight is 400 g/mol. The van der Waals surface area contributed by atoms with E-state index in [-0.39, 0.29) is 6.04 Å². The number of anilines is 2. The molecular formula is C23H24N6O. The molecule has 0 radical (unpaired) electrons. The standard InChI is InChI=1S/C23H24N6O/c24-17-10-12-28(13-11-17)21-14-20(22-23(25)26-15-27-29(21)22)16-6-8-19(9-7-16)30-18-4-2-1-3-5-18/h1-9,14-15,17H,10-13,24H2,(H2,25,26,27). The van der Waals surface area contributed by atoms with Gasteiger partial charge < -0.3 is 21.1 Å². The molecular weight excluding hydrogens is 376 g/mol. The normalized spacial score (nSPS) is 14.9. The van der Waals surface area contributed by atoms with Crippen LogP contribution in [0.4, 0.5) is 11.6 Å². The number of hydrogen-bond acceptors (Lipinski definition) is 6. The number of nitrogens with two attached hydrogens (primary N) is 2. The molecule has 30 heavy (non-hydrogen) atoms. The number of nitrogen functional groups attached to an aromatic ring is 1. The Balaban J connectivity index is 1.51. The number of rotatable bonds is 4. The summed E-state index contributed by atoms with van der Waals surface area (Å²) in [5.74, 6) is 3.07.